The van der Waals surface area contributed by atoms with Crippen LogP contribution in [0.4, 0.5) is 17.1 Å². The first-order chi connectivity index (χ1) is 23.9. The Labute approximate surface area is 319 Å². The first kappa shape index (κ1) is 40.2. The van der Waals surface area contributed by atoms with E-state index in [1.165, 1.54) is 93.8 Å². The van der Waals surface area contributed by atoms with Crippen LogP contribution in [0.2, 0.25) is 25.1 Å². The highest BCUT2D eigenvalue weighted by Gasteiger charge is 2.41. The Morgan fingerprint density at radius 3 is 1.90 bits per heavy atom. The summed E-state index contributed by atoms with van der Waals surface area (Å²) in [6, 6.07) is 11.5. The number of sulfonamides is 1. The second-order valence-corrected chi connectivity index (χ2v) is 15.8. The topological polar surface area (TPSA) is 120 Å². The van der Waals surface area contributed by atoms with Crippen molar-refractivity contribution >= 4 is 103 Å². The average molecular weight is 804 g/mol. The maximum Gasteiger partial charge on any atom is 0.273 e. The molecule has 0 aromatic heterocycles. The van der Waals surface area contributed by atoms with Crippen LogP contribution in [-0.2, 0) is 19.6 Å². The number of hydrogen-bond acceptors (Lipinski definition) is 6. The van der Waals surface area contributed by atoms with E-state index in [1.807, 2.05) is 0 Å². The zero-order valence-corrected chi connectivity index (χ0v) is 32.2. The van der Waals surface area contributed by atoms with Crippen molar-refractivity contribution in [1.82, 2.24) is 4.72 Å². The number of nitrogens with one attached hydrogen (secondary N) is 3. The van der Waals surface area contributed by atoms with Gasteiger partial charge in [-0.1, -0.05) is 129 Å². The number of carbonyl (C=O) groups is 2. The quantitative estimate of drug-likeness (QED) is 0.111. The Morgan fingerprint density at radius 2 is 1.32 bits per heavy atom. The van der Waals surface area contributed by atoms with Gasteiger partial charge in [0.2, 0.25) is 15.9 Å². The molecule has 0 saturated carbocycles. The third-order valence-corrected chi connectivity index (χ3v) is 10.8. The molecule has 4 rings (SSSR count). The summed E-state index contributed by atoms with van der Waals surface area (Å²) in [7, 11) is -4.30. The third kappa shape index (κ3) is 11.5. The predicted octanol–water partition coefficient (Wildman–Crippen LogP) is 10.7. The zero-order valence-electron chi connectivity index (χ0n) is 27.6. The zero-order chi connectivity index (χ0) is 36.3. The number of carbonyl (C=O) groups excluding carboxylic acids is 2. The first-order valence-electron chi connectivity index (χ1n) is 16.6. The Kier molecular flexibility index (Phi) is 15.5. The molecule has 1 atom stereocenters. The molecule has 3 aromatic rings. The van der Waals surface area contributed by atoms with Crippen LogP contribution in [0.3, 0.4) is 0 Å². The molecule has 1 aliphatic rings. The van der Waals surface area contributed by atoms with Crippen LogP contribution in [0.5, 0.6) is 0 Å². The number of unbranched alkanes of at least 4 members (excludes halogenated alkanes) is 10. The van der Waals surface area contributed by atoms with Crippen LogP contribution in [0.25, 0.3) is 0 Å². The number of hydrazone groups is 1. The van der Waals surface area contributed by atoms with Gasteiger partial charge in [-0.2, -0.15) is 9.73 Å². The van der Waals surface area contributed by atoms with Gasteiger partial charge in [0.15, 0.2) is 11.9 Å². The van der Waals surface area contributed by atoms with Gasteiger partial charge in [-0.25, -0.2) is 8.42 Å². The lowest BCUT2D eigenvalue weighted by atomic mass is 10.1. The van der Waals surface area contributed by atoms with Gasteiger partial charge >= 0.3 is 0 Å². The van der Waals surface area contributed by atoms with E-state index < -0.39 is 22.0 Å². The van der Waals surface area contributed by atoms with E-state index in [4.69, 9.17) is 58.0 Å². The van der Waals surface area contributed by atoms with Crippen LogP contribution in [0, 0.1) is 0 Å². The molecule has 1 heterocycles. The van der Waals surface area contributed by atoms with E-state index >= 15 is 0 Å². The molecule has 0 spiro atoms. The van der Waals surface area contributed by atoms with Crippen LogP contribution >= 0.6 is 58.0 Å². The van der Waals surface area contributed by atoms with E-state index in [9.17, 15) is 18.0 Å². The summed E-state index contributed by atoms with van der Waals surface area (Å²) in [6.45, 7) is 2.22. The summed E-state index contributed by atoms with van der Waals surface area (Å²) in [5.41, 5.74) is 0.780. The second kappa shape index (κ2) is 19.3. The average Bonchev–Trinajstić information content (AvgIpc) is 3.34. The van der Waals surface area contributed by atoms with Gasteiger partial charge in [0.1, 0.15) is 5.69 Å². The highest BCUT2D eigenvalue weighted by Crippen LogP contribution is 2.39. The molecule has 3 aromatic carbocycles. The van der Waals surface area contributed by atoms with Gasteiger partial charge in [0.05, 0.1) is 25.7 Å². The molecule has 50 heavy (non-hydrogen) atoms. The summed E-state index contributed by atoms with van der Waals surface area (Å²) < 4.78 is 29.5. The van der Waals surface area contributed by atoms with Crippen molar-refractivity contribution in [3.8, 4) is 0 Å². The summed E-state index contributed by atoms with van der Waals surface area (Å²) in [4.78, 5) is 26.1. The van der Waals surface area contributed by atoms with Gasteiger partial charge in [0.25, 0.3) is 5.91 Å². The molecule has 270 valence electrons. The highest BCUT2D eigenvalue weighted by atomic mass is 35.5. The van der Waals surface area contributed by atoms with Gasteiger partial charge in [-0.15, -0.1) is 5.10 Å². The van der Waals surface area contributed by atoms with Crippen molar-refractivity contribution in [3.63, 3.8) is 0 Å². The standard InChI is InChI=1S/C35H40Cl5N5O4S/c1-2-3-4-5-6-7-8-9-10-11-12-13-31(46)41-25-15-17-26(18-16-25)50(48,49)44-32-34(42-30-19-14-23(36)20-27(30)38)43-45(35(32)47)33-28(39)21-24(37)22-29(33)40/h14-22,32,44H,2-13H2,1H3,(H,41,46)(H,42,43). The number of halogens is 5. The van der Waals surface area contributed by atoms with Crippen molar-refractivity contribution in [2.24, 2.45) is 5.10 Å². The Hall–Kier alpha value is -2.57. The fourth-order valence-electron chi connectivity index (χ4n) is 5.40. The van der Waals surface area contributed by atoms with Gasteiger partial charge < -0.3 is 10.6 Å². The lowest BCUT2D eigenvalue weighted by molar-refractivity contribution is -0.118. The number of anilines is 3. The summed E-state index contributed by atoms with van der Waals surface area (Å²) in [5, 5.41) is 11.8. The van der Waals surface area contributed by atoms with E-state index in [0.717, 1.165) is 24.3 Å². The second-order valence-electron chi connectivity index (χ2n) is 12.0. The van der Waals surface area contributed by atoms with Crippen molar-refractivity contribution in [2.75, 3.05) is 15.6 Å². The number of amides is 2. The smallest absolute Gasteiger partial charge is 0.273 e. The predicted molar refractivity (Wildman–Crippen MR) is 207 cm³/mol. The molecule has 3 N–H and O–H groups in total. The molecular formula is C35H40Cl5N5O4S. The minimum Gasteiger partial charge on any atom is -0.339 e. The molecule has 9 nitrogen and oxygen atoms in total. The molecule has 0 radical (unpaired) electrons. The molecule has 15 heteroatoms. The molecular weight excluding hydrogens is 764 g/mol. The number of rotatable bonds is 18. The molecule has 0 bridgehead atoms. The Balaban J connectivity index is 1.37. The molecule has 1 aliphatic heterocycles. The Bertz CT molecular complexity index is 1770. The molecule has 0 saturated heterocycles. The van der Waals surface area contributed by atoms with E-state index in [-0.39, 0.29) is 42.4 Å². The van der Waals surface area contributed by atoms with Crippen LogP contribution in [-0.4, -0.2) is 32.1 Å². The highest BCUT2D eigenvalue weighted by molar-refractivity contribution is 7.89. The number of amidine groups is 1. The molecule has 0 fully saturated rings. The third-order valence-electron chi connectivity index (χ3n) is 8.05. The van der Waals surface area contributed by atoms with Crippen LogP contribution in [0.15, 0.2) is 64.6 Å². The summed E-state index contributed by atoms with van der Waals surface area (Å²) in [5.74, 6) is -1.03. The van der Waals surface area contributed by atoms with Gasteiger partial charge in [-0.05, 0) is 61.0 Å². The number of nitrogens with zero attached hydrogens (tertiary/aromatic N) is 2. The SMILES string of the molecule is CCCCCCCCCCCCCC(=O)Nc1ccc(S(=O)(=O)NC2C(=O)N(c3c(Cl)cc(Cl)cc3Cl)N=C2Nc2ccc(Cl)cc2Cl)cc1. The van der Waals surface area contributed by atoms with E-state index in [1.54, 1.807) is 12.1 Å². The minimum atomic E-state index is -4.30. The Morgan fingerprint density at radius 1 is 0.760 bits per heavy atom. The maximum atomic E-state index is 13.7. The number of hydrogen-bond donors (Lipinski definition) is 3. The molecule has 0 aliphatic carbocycles. The number of benzene rings is 3. The van der Waals surface area contributed by atoms with E-state index in [0.29, 0.717) is 22.8 Å². The monoisotopic (exact) mass is 801 g/mol. The summed E-state index contributed by atoms with van der Waals surface area (Å²) in [6.07, 6.45) is 13.5. The first-order valence-corrected chi connectivity index (χ1v) is 20.0. The van der Waals surface area contributed by atoms with Crippen LogP contribution < -0.4 is 20.4 Å². The largest absolute Gasteiger partial charge is 0.339 e. The van der Waals surface area contributed by atoms with Gasteiger partial charge in [0, 0.05) is 22.2 Å². The molecule has 2 amide bonds. The van der Waals surface area contributed by atoms with Crippen molar-refractivity contribution < 1.29 is 18.0 Å². The normalized spacial score (nSPS) is 14.6. The van der Waals surface area contributed by atoms with Crippen LogP contribution in [0.1, 0.15) is 84.0 Å². The summed E-state index contributed by atoms with van der Waals surface area (Å²) >= 11 is 31.2. The van der Waals surface area contributed by atoms with Crippen molar-refractivity contribution in [1.29, 1.82) is 0 Å². The lowest BCUT2D eigenvalue weighted by Crippen LogP contribution is -2.48. The fourth-order valence-corrected chi connectivity index (χ4v) is 7.98. The fraction of sp³-hybridized carbons (Fsp3) is 0.400. The van der Waals surface area contributed by atoms with Gasteiger partial charge in [-0.3, -0.25) is 9.59 Å². The lowest BCUT2D eigenvalue weighted by Gasteiger charge is -2.18. The van der Waals surface area contributed by atoms with E-state index in [2.05, 4.69) is 27.4 Å². The van der Waals surface area contributed by atoms with Crippen molar-refractivity contribution in [3.05, 3.63) is 79.7 Å². The molecule has 1 unspecified atom stereocenters. The minimum absolute atomic E-state index is 0.0131. The van der Waals surface area contributed by atoms with Crippen molar-refractivity contribution in [2.45, 2.75) is 94.9 Å². The maximum absolute atomic E-state index is 13.7.